The highest BCUT2D eigenvalue weighted by atomic mass is 35.5. The summed E-state index contributed by atoms with van der Waals surface area (Å²) in [6.07, 6.45) is 4.82. The van der Waals surface area contributed by atoms with Crippen LogP contribution in [0.5, 0.6) is 0 Å². The quantitative estimate of drug-likeness (QED) is 0.777. The molecule has 0 fully saturated rings. The molecule has 0 unspecified atom stereocenters. The van der Waals surface area contributed by atoms with Crippen LogP contribution in [-0.4, -0.2) is 25.4 Å². The third kappa shape index (κ3) is 3.83. The molecule has 3 rings (SSSR count). The minimum atomic E-state index is -0.521. The van der Waals surface area contributed by atoms with Crippen molar-refractivity contribution in [1.29, 1.82) is 0 Å². The maximum atomic E-state index is 13.4. The largest absolute Gasteiger partial charge is 0.347 e. The fraction of sp³-hybridized carbons (Fsp3) is 0.176. The van der Waals surface area contributed by atoms with Crippen molar-refractivity contribution in [3.63, 3.8) is 0 Å². The number of carbonyl (C=O) groups excluding carboxylic acids is 1. The number of rotatable bonds is 4. The summed E-state index contributed by atoms with van der Waals surface area (Å²) in [6.45, 7) is 3.84. The summed E-state index contributed by atoms with van der Waals surface area (Å²) in [5.41, 5.74) is 1.72. The molecule has 0 saturated heterocycles. The zero-order chi connectivity index (χ0) is 18.0. The number of aromatic nitrogens is 4. The van der Waals surface area contributed by atoms with E-state index in [-0.39, 0.29) is 23.2 Å². The van der Waals surface area contributed by atoms with Crippen molar-refractivity contribution in [3.05, 3.63) is 70.4 Å². The number of imidazole rings is 1. The van der Waals surface area contributed by atoms with E-state index in [0.717, 1.165) is 5.56 Å². The second-order valence-corrected chi connectivity index (χ2v) is 5.93. The smallest absolute Gasteiger partial charge is 0.271 e. The molecular formula is C17H15ClFN5O. The van der Waals surface area contributed by atoms with Gasteiger partial charge in [-0.2, -0.15) is 0 Å². The molecule has 0 saturated carbocycles. The minimum Gasteiger partial charge on any atom is -0.347 e. The summed E-state index contributed by atoms with van der Waals surface area (Å²) in [6, 6.07) is 4.39. The summed E-state index contributed by atoms with van der Waals surface area (Å²) < 4.78 is 15.1. The van der Waals surface area contributed by atoms with Crippen LogP contribution in [-0.2, 0) is 6.54 Å². The lowest BCUT2D eigenvalue weighted by atomic mass is 10.2. The number of amides is 1. The molecule has 25 heavy (non-hydrogen) atoms. The van der Waals surface area contributed by atoms with Crippen molar-refractivity contribution in [1.82, 2.24) is 24.8 Å². The van der Waals surface area contributed by atoms with Gasteiger partial charge in [0.05, 0.1) is 5.02 Å². The normalized spacial score (nSPS) is 10.7. The summed E-state index contributed by atoms with van der Waals surface area (Å²) in [5.74, 6) is 0.411. The molecule has 128 valence electrons. The van der Waals surface area contributed by atoms with Crippen molar-refractivity contribution in [2.45, 2.75) is 20.4 Å². The van der Waals surface area contributed by atoms with Crippen molar-refractivity contribution in [2.24, 2.45) is 0 Å². The third-order valence-electron chi connectivity index (χ3n) is 3.56. The van der Waals surface area contributed by atoms with Gasteiger partial charge in [-0.25, -0.2) is 19.3 Å². The Morgan fingerprint density at radius 1 is 1.32 bits per heavy atom. The second kappa shape index (κ2) is 6.98. The lowest BCUT2D eigenvalue weighted by Crippen LogP contribution is -2.23. The van der Waals surface area contributed by atoms with Crippen LogP contribution in [0.2, 0.25) is 5.02 Å². The number of carbonyl (C=O) groups is 1. The van der Waals surface area contributed by atoms with E-state index in [1.165, 1.54) is 18.5 Å². The number of halogens is 2. The molecule has 0 aliphatic carbocycles. The van der Waals surface area contributed by atoms with Gasteiger partial charge < -0.3 is 5.32 Å². The number of nitrogens with zero attached hydrogens (tertiary/aromatic N) is 4. The van der Waals surface area contributed by atoms with E-state index in [1.807, 2.05) is 6.92 Å². The minimum absolute atomic E-state index is 0.0457. The molecule has 0 aliphatic rings. The Balaban J connectivity index is 1.72. The molecule has 1 aromatic carbocycles. The maximum Gasteiger partial charge on any atom is 0.271 e. The van der Waals surface area contributed by atoms with Gasteiger partial charge in [-0.1, -0.05) is 17.7 Å². The SMILES string of the molecule is Cc1ncc(C)c(-n2cnc(C(=O)NCc3ccc(Cl)c(F)c3)c2)n1. The van der Waals surface area contributed by atoms with Gasteiger partial charge in [-0.3, -0.25) is 9.36 Å². The first-order valence-corrected chi connectivity index (χ1v) is 7.88. The standard InChI is InChI=1S/C17H15ClFN5O/c1-10-6-20-11(2)23-16(10)24-8-15(22-9-24)17(25)21-7-12-3-4-13(18)14(19)5-12/h3-6,8-9H,7H2,1-2H3,(H,21,25). The Bertz CT molecular complexity index is 941. The molecule has 3 aromatic rings. The van der Waals surface area contributed by atoms with Gasteiger partial charge >= 0.3 is 0 Å². The van der Waals surface area contributed by atoms with Crippen LogP contribution < -0.4 is 5.32 Å². The fourth-order valence-electron chi connectivity index (χ4n) is 2.26. The van der Waals surface area contributed by atoms with E-state index in [1.54, 1.807) is 30.0 Å². The highest BCUT2D eigenvalue weighted by molar-refractivity contribution is 6.30. The Hall–Kier alpha value is -2.80. The number of hydrogen-bond donors (Lipinski definition) is 1. The van der Waals surface area contributed by atoms with Crippen LogP contribution in [0.25, 0.3) is 5.82 Å². The van der Waals surface area contributed by atoms with Crippen LogP contribution in [0.4, 0.5) is 4.39 Å². The highest BCUT2D eigenvalue weighted by Crippen LogP contribution is 2.15. The molecule has 2 aromatic heterocycles. The average Bonchev–Trinajstić information content (AvgIpc) is 3.08. The average molecular weight is 360 g/mol. The molecule has 1 N–H and O–H groups in total. The summed E-state index contributed by atoms with van der Waals surface area (Å²) in [5, 5.41) is 2.74. The predicted molar refractivity (Wildman–Crippen MR) is 91.2 cm³/mol. The van der Waals surface area contributed by atoms with Gasteiger partial charge in [-0.05, 0) is 31.5 Å². The molecular weight excluding hydrogens is 345 g/mol. The maximum absolute atomic E-state index is 13.4. The molecule has 0 atom stereocenters. The lowest BCUT2D eigenvalue weighted by Gasteiger charge is -2.06. The van der Waals surface area contributed by atoms with Crippen molar-refractivity contribution in [3.8, 4) is 5.82 Å². The monoisotopic (exact) mass is 359 g/mol. The summed E-state index contributed by atoms with van der Waals surface area (Å²) in [4.78, 5) is 24.8. The van der Waals surface area contributed by atoms with Gasteiger partial charge in [0.2, 0.25) is 0 Å². The Labute approximate surface area is 148 Å². The summed E-state index contributed by atoms with van der Waals surface area (Å²) in [7, 11) is 0. The molecule has 0 spiro atoms. The molecule has 0 radical (unpaired) electrons. The zero-order valence-corrected chi connectivity index (χ0v) is 14.4. The molecule has 0 aliphatic heterocycles. The van der Waals surface area contributed by atoms with Crippen LogP contribution in [0.1, 0.15) is 27.4 Å². The van der Waals surface area contributed by atoms with Crippen LogP contribution in [0, 0.1) is 19.7 Å². The summed E-state index contributed by atoms with van der Waals surface area (Å²) >= 11 is 5.64. The topological polar surface area (TPSA) is 72.7 Å². The molecule has 8 heteroatoms. The van der Waals surface area contributed by atoms with E-state index >= 15 is 0 Å². The number of benzene rings is 1. The van der Waals surface area contributed by atoms with Crippen LogP contribution in [0.15, 0.2) is 36.9 Å². The van der Waals surface area contributed by atoms with Crippen LogP contribution >= 0.6 is 11.6 Å². The molecule has 0 bridgehead atoms. The van der Waals surface area contributed by atoms with Crippen molar-refractivity contribution >= 4 is 17.5 Å². The van der Waals surface area contributed by atoms with E-state index in [0.29, 0.717) is 17.2 Å². The Kier molecular flexibility index (Phi) is 4.76. The number of nitrogens with one attached hydrogen (secondary N) is 1. The predicted octanol–water partition coefficient (Wildman–Crippen LogP) is 3.00. The van der Waals surface area contributed by atoms with Gasteiger partial charge in [0, 0.05) is 24.5 Å². The Morgan fingerprint density at radius 3 is 2.88 bits per heavy atom. The van der Waals surface area contributed by atoms with Gasteiger partial charge in [-0.15, -0.1) is 0 Å². The number of aryl methyl sites for hydroxylation is 2. The second-order valence-electron chi connectivity index (χ2n) is 5.52. The van der Waals surface area contributed by atoms with Crippen molar-refractivity contribution in [2.75, 3.05) is 0 Å². The molecule has 1 amide bonds. The van der Waals surface area contributed by atoms with Gasteiger partial charge in [0.25, 0.3) is 5.91 Å². The molecule has 6 nitrogen and oxygen atoms in total. The third-order valence-corrected chi connectivity index (χ3v) is 3.87. The number of hydrogen-bond acceptors (Lipinski definition) is 4. The Morgan fingerprint density at radius 2 is 2.12 bits per heavy atom. The van der Waals surface area contributed by atoms with Crippen molar-refractivity contribution < 1.29 is 9.18 Å². The fourth-order valence-corrected chi connectivity index (χ4v) is 2.38. The van der Waals surface area contributed by atoms with Gasteiger partial charge in [0.15, 0.2) is 0 Å². The zero-order valence-electron chi connectivity index (χ0n) is 13.6. The van der Waals surface area contributed by atoms with Crippen LogP contribution in [0.3, 0.4) is 0 Å². The van der Waals surface area contributed by atoms with Gasteiger partial charge in [0.1, 0.15) is 29.5 Å². The van der Waals surface area contributed by atoms with E-state index in [2.05, 4.69) is 20.3 Å². The molecule has 2 heterocycles. The lowest BCUT2D eigenvalue weighted by molar-refractivity contribution is 0.0946. The van der Waals surface area contributed by atoms with E-state index in [4.69, 9.17) is 11.6 Å². The first kappa shape index (κ1) is 17.0. The first-order chi connectivity index (χ1) is 11.9. The van der Waals surface area contributed by atoms with E-state index < -0.39 is 5.82 Å². The van der Waals surface area contributed by atoms with E-state index in [9.17, 15) is 9.18 Å². The first-order valence-electron chi connectivity index (χ1n) is 7.51. The highest BCUT2D eigenvalue weighted by Gasteiger charge is 2.12.